The zero-order chi connectivity index (χ0) is 21.2. The molecule has 1 heterocycles. The second-order valence-electron chi connectivity index (χ2n) is 6.82. The van der Waals surface area contributed by atoms with E-state index in [9.17, 15) is 14.4 Å². The van der Waals surface area contributed by atoms with Crippen molar-refractivity contribution in [3.05, 3.63) is 42.5 Å². The third-order valence-corrected chi connectivity index (χ3v) is 4.73. The molecule has 0 bridgehead atoms. The fourth-order valence-corrected chi connectivity index (χ4v) is 3.30. The lowest BCUT2D eigenvalue weighted by Gasteiger charge is -2.32. The van der Waals surface area contributed by atoms with Gasteiger partial charge in [0.05, 0.1) is 25.3 Å². The van der Waals surface area contributed by atoms with Gasteiger partial charge in [0.15, 0.2) is 0 Å². The number of carbonyl (C=O) groups excluding carboxylic acids is 3. The average Bonchev–Trinajstić information content (AvgIpc) is 2.70. The number of esters is 1. The monoisotopic (exact) mass is 400 g/mol. The number of nitrogens with zero attached hydrogens (tertiary/aromatic N) is 2. The van der Waals surface area contributed by atoms with Crippen LogP contribution >= 0.6 is 0 Å². The minimum Gasteiger partial charge on any atom is -0.466 e. The smallest absolute Gasteiger partial charge is 0.308 e. The third-order valence-electron chi connectivity index (χ3n) is 4.73. The molecule has 1 aromatic carbocycles. The van der Waals surface area contributed by atoms with Gasteiger partial charge in [0.25, 0.3) is 0 Å². The van der Waals surface area contributed by atoms with Crippen LogP contribution in [0.25, 0.3) is 0 Å². The van der Waals surface area contributed by atoms with Crippen LogP contribution in [-0.4, -0.2) is 43.2 Å². The molecule has 1 saturated heterocycles. The van der Waals surface area contributed by atoms with Gasteiger partial charge in [0, 0.05) is 24.6 Å². The first-order chi connectivity index (χ1) is 14.0. The van der Waals surface area contributed by atoms with Gasteiger partial charge in [-0.1, -0.05) is 18.2 Å². The number of rotatable bonds is 9. The van der Waals surface area contributed by atoms with Crippen molar-refractivity contribution in [1.82, 2.24) is 5.32 Å². The molecule has 2 amide bonds. The van der Waals surface area contributed by atoms with Crippen molar-refractivity contribution in [2.45, 2.75) is 38.6 Å². The van der Waals surface area contributed by atoms with Gasteiger partial charge in [-0.2, -0.15) is 5.10 Å². The number of hydrazone groups is 1. The minimum absolute atomic E-state index is 0.0201. The Morgan fingerprint density at radius 2 is 2.14 bits per heavy atom. The Labute approximate surface area is 170 Å². The third kappa shape index (κ3) is 6.44. The Balaban J connectivity index is 1.96. The number of amides is 2. The molecule has 0 radical (unpaired) electrons. The number of piperidine rings is 1. The number of anilines is 1. The van der Waals surface area contributed by atoms with E-state index in [1.807, 2.05) is 24.3 Å². The summed E-state index contributed by atoms with van der Waals surface area (Å²) in [5, 5.41) is 6.23. The number of hydrogen-bond acceptors (Lipinski definition) is 6. The van der Waals surface area contributed by atoms with Gasteiger partial charge in [-0.15, -0.1) is 6.58 Å². The highest BCUT2D eigenvalue weighted by molar-refractivity contribution is 5.98. The van der Waals surface area contributed by atoms with Gasteiger partial charge in [-0.3, -0.25) is 14.4 Å². The molecule has 8 nitrogen and oxygen atoms in total. The summed E-state index contributed by atoms with van der Waals surface area (Å²) in [6.07, 6.45) is 4.57. The van der Waals surface area contributed by atoms with Crippen LogP contribution in [0, 0.1) is 5.92 Å². The molecule has 1 aliphatic heterocycles. The maximum Gasteiger partial charge on any atom is 0.308 e. The molecule has 1 fully saturated rings. The van der Waals surface area contributed by atoms with E-state index in [1.165, 1.54) is 12.3 Å². The highest BCUT2D eigenvalue weighted by Gasteiger charge is 2.31. The van der Waals surface area contributed by atoms with Gasteiger partial charge in [0.1, 0.15) is 0 Å². The highest BCUT2D eigenvalue weighted by Crippen LogP contribution is 2.26. The summed E-state index contributed by atoms with van der Waals surface area (Å²) < 4.78 is 4.90. The van der Waals surface area contributed by atoms with Crippen LogP contribution in [-0.2, 0) is 19.1 Å². The maximum atomic E-state index is 12.9. The fourth-order valence-electron chi connectivity index (χ4n) is 3.30. The number of benzene rings is 1. The summed E-state index contributed by atoms with van der Waals surface area (Å²) in [4.78, 5) is 38.6. The summed E-state index contributed by atoms with van der Waals surface area (Å²) in [7, 11) is 0. The van der Waals surface area contributed by atoms with Crippen LogP contribution in [0.15, 0.2) is 42.0 Å². The van der Waals surface area contributed by atoms with E-state index in [4.69, 9.17) is 10.6 Å². The van der Waals surface area contributed by atoms with Crippen molar-refractivity contribution in [1.29, 1.82) is 0 Å². The number of nitrogens with one attached hydrogen (secondary N) is 1. The average molecular weight is 400 g/mol. The summed E-state index contributed by atoms with van der Waals surface area (Å²) in [5.41, 5.74) is 1.62. The maximum absolute atomic E-state index is 12.9. The molecule has 1 aromatic rings. The van der Waals surface area contributed by atoms with Gasteiger partial charge in [0.2, 0.25) is 11.8 Å². The van der Waals surface area contributed by atoms with E-state index in [0.29, 0.717) is 13.0 Å². The van der Waals surface area contributed by atoms with Gasteiger partial charge < -0.3 is 20.8 Å². The lowest BCUT2D eigenvalue weighted by Crippen LogP contribution is -2.44. The van der Waals surface area contributed by atoms with Crippen molar-refractivity contribution >= 4 is 29.7 Å². The first-order valence-corrected chi connectivity index (χ1v) is 9.70. The summed E-state index contributed by atoms with van der Waals surface area (Å²) in [6, 6.07) is 6.82. The molecule has 0 spiro atoms. The zero-order valence-corrected chi connectivity index (χ0v) is 16.7. The predicted molar refractivity (Wildman–Crippen MR) is 111 cm³/mol. The van der Waals surface area contributed by atoms with Crippen LogP contribution in [0.5, 0.6) is 0 Å². The van der Waals surface area contributed by atoms with E-state index in [1.54, 1.807) is 11.8 Å². The van der Waals surface area contributed by atoms with Crippen molar-refractivity contribution in [3.8, 4) is 0 Å². The molecule has 0 saturated carbocycles. The molecule has 1 unspecified atom stereocenters. The van der Waals surface area contributed by atoms with Crippen LogP contribution in [0.1, 0.15) is 38.2 Å². The lowest BCUT2D eigenvalue weighted by atomic mass is 9.92. The van der Waals surface area contributed by atoms with Gasteiger partial charge in [-0.05, 0) is 37.5 Å². The lowest BCUT2D eigenvalue weighted by molar-refractivity contribution is -0.143. The number of nitrogens with two attached hydrogens (primary N) is 1. The molecule has 29 heavy (non-hydrogen) atoms. The fraction of sp³-hybridized carbons (Fsp3) is 0.429. The van der Waals surface area contributed by atoms with Crippen molar-refractivity contribution in [3.63, 3.8) is 0 Å². The SMILES string of the molecule is C=C[C@H](CC(=O)OCC)NC(=O)CC1CCCN(c2ccc(C=NN)cc2)C1=O. The molecule has 2 rings (SSSR count). The summed E-state index contributed by atoms with van der Waals surface area (Å²) in [6.45, 7) is 6.26. The summed E-state index contributed by atoms with van der Waals surface area (Å²) >= 11 is 0. The first kappa shape index (κ1) is 22.1. The topological polar surface area (TPSA) is 114 Å². The number of carbonyl (C=O) groups is 3. The van der Waals surface area contributed by atoms with E-state index in [0.717, 1.165) is 17.7 Å². The Morgan fingerprint density at radius 1 is 1.41 bits per heavy atom. The van der Waals surface area contributed by atoms with E-state index >= 15 is 0 Å². The molecular weight excluding hydrogens is 372 g/mol. The van der Waals surface area contributed by atoms with Crippen LogP contribution in [0.4, 0.5) is 5.69 Å². The van der Waals surface area contributed by atoms with E-state index in [-0.39, 0.29) is 31.3 Å². The van der Waals surface area contributed by atoms with E-state index in [2.05, 4.69) is 17.0 Å². The molecule has 3 N–H and O–H groups in total. The molecule has 0 aliphatic carbocycles. The predicted octanol–water partition coefficient (Wildman–Crippen LogP) is 1.74. The summed E-state index contributed by atoms with van der Waals surface area (Å²) in [5.74, 6) is 3.99. The molecular formula is C21H28N4O4. The normalized spacial score (nSPS) is 17.8. The Hall–Kier alpha value is -3.16. The minimum atomic E-state index is -0.520. The van der Waals surface area contributed by atoms with Gasteiger partial charge >= 0.3 is 5.97 Å². The molecule has 2 atom stereocenters. The van der Waals surface area contributed by atoms with Crippen LogP contribution in [0.3, 0.4) is 0 Å². The Kier molecular flexibility index (Phi) is 8.39. The first-order valence-electron chi connectivity index (χ1n) is 9.70. The Morgan fingerprint density at radius 3 is 2.76 bits per heavy atom. The highest BCUT2D eigenvalue weighted by atomic mass is 16.5. The van der Waals surface area contributed by atoms with Crippen LogP contribution < -0.4 is 16.1 Å². The Bertz CT molecular complexity index is 760. The number of ether oxygens (including phenoxy) is 1. The van der Waals surface area contributed by atoms with Gasteiger partial charge in [-0.25, -0.2) is 0 Å². The van der Waals surface area contributed by atoms with Crippen molar-refractivity contribution < 1.29 is 19.1 Å². The molecule has 0 aromatic heterocycles. The van der Waals surface area contributed by atoms with Crippen molar-refractivity contribution in [2.24, 2.45) is 16.9 Å². The largest absolute Gasteiger partial charge is 0.466 e. The second-order valence-corrected chi connectivity index (χ2v) is 6.82. The molecule has 156 valence electrons. The molecule has 8 heteroatoms. The molecule has 1 aliphatic rings. The quantitative estimate of drug-likeness (QED) is 0.215. The van der Waals surface area contributed by atoms with Crippen molar-refractivity contribution in [2.75, 3.05) is 18.1 Å². The zero-order valence-electron chi connectivity index (χ0n) is 16.7. The second kappa shape index (κ2) is 11.0. The standard InChI is InChI=1S/C21H28N4O4/c1-3-17(13-20(27)29-4-2)24-19(26)12-16-6-5-11-25(21(16)28)18-9-7-15(8-10-18)14-23-22/h3,7-10,14,16-17H,1,4-6,11-13,22H2,2H3,(H,24,26)/t16?,17-/m1/s1. The number of hydrogen-bond donors (Lipinski definition) is 2. The van der Waals surface area contributed by atoms with E-state index < -0.39 is 17.9 Å². The van der Waals surface area contributed by atoms with Crippen LogP contribution in [0.2, 0.25) is 0 Å².